The van der Waals surface area contributed by atoms with Crippen LogP contribution in [0.25, 0.3) is 0 Å². The predicted octanol–water partition coefficient (Wildman–Crippen LogP) is 1.64. The molecule has 0 rings (SSSR count). The molecule has 0 fully saturated rings. The molecule has 0 saturated heterocycles. The van der Waals surface area contributed by atoms with Crippen LogP contribution < -0.4 is 4.84 Å². The van der Waals surface area contributed by atoms with E-state index in [2.05, 4.69) is 4.84 Å². The number of rotatable bonds is 5. The molecule has 0 radical (unpaired) electrons. The summed E-state index contributed by atoms with van der Waals surface area (Å²) < 4.78 is 5.27. The molecule has 4 heteroatoms. The van der Waals surface area contributed by atoms with Gasteiger partial charge in [0.25, 0.3) is 0 Å². The van der Waals surface area contributed by atoms with Crippen molar-refractivity contribution in [2.75, 3.05) is 6.54 Å². The van der Waals surface area contributed by atoms with Crippen LogP contribution in [0.15, 0.2) is 0 Å². The minimum absolute atomic E-state index is 0.284. The minimum Gasteiger partial charge on any atom is -0.368 e. The fraction of sp³-hybridized carbons (Fsp3) is 1.00. The molecule has 0 aromatic carbocycles. The number of ether oxygens (including phenoxy) is 1. The highest BCUT2D eigenvalue weighted by atomic mass is 35.5. The Morgan fingerprint density at radius 2 is 2.08 bits per heavy atom. The first-order valence-electron chi connectivity index (χ1n) is 4.15. The Morgan fingerprint density at radius 3 is 2.50 bits per heavy atom. The number of aliphatic hydroxyl groups excluding tert-OH is 1. The Morgan fingerprint density at radius 1 is 1.50 bits per heavy atom. The lowest BCUT2D eigenvalue weighted by Crippen LogP contribution is -2.27. The fourth-order valence-corrected chi connectivity index (χ4v) is 0.944. The van der Waals surface area contributed by atoms with Gasteiger partial charge < -0.3 is 9.84 Å². The first-order valence-corrected chi connectivity index (χ1v) is 4.53. The molecule has 0 aliphatic carbocycles. The number of hydrogen-bond acceptors (Lipinski definition) is 3. The molecule has 0 saturated carbocycles. The molecule has 74 valence electrons. The minimum atomic E-state index is -0.685. The van der Waals surface area contributed by atoms with Crippen LogP contribution >= 0.6 is 11.8 Å². The van der Waals surface area contributed by atoms with Crippen molar-refractivity contribution in [2.45, 2.75) is 45.5 Å². The lowest BCUT2D eigenvalue weighted by Gasteiger charge is -2.23. The highest BCUT2D eigenvalue weighted by molar-refractivity contribution is 6.13. The van der Waals surface area contributed by atoms with Crippen LogP contribution in [0.1, 0.15) is 33.6 Å². The van der Waals surface area contributed by atoms with Crippen molar-refractivity contribution >= 4 is 11.8 Å². The third kappa shape index (κ3) is 8.27. The monoisotopic (exact) mass is 195 g/mol. The summed E-state index contributed by atoms with van der Waals surface area (Å²) in [5, 5.41) is 9.32. The molecule has 1 atom stereocenters. The van der Waals surface area contributed by atoms with Gasteiger partial charge >= 0.3 is 0 Å². The first kappa shape index (κ1) is 12.2. The van der Waals surface area contributed by atoms with Crippen molar-refractivity contribution in [3.63, 3.8) is 0 Å². The van der Waals surface area contributed by atoms with Crippen molar-refractivity contribution in [1.29, 1.82) is 0 Å². The lowest BCUT2D eigenvalue weighted by molar-refractivity contribution is -0.168. The molecule has 0 aromatic heterocycles. The van der Waals surface area contributed by atoms with E-state index in [1.54, 1.807) is 0 Å². The molecule has 0 spiro atoms. The lowest BCUT2D eigenvalue weighted by atomic mass is 10.2. The van der Waals surface area contributed by atoms with Crippen LogP contribution in [0.3, 0.4) is 0 Å². The number of hydrogen-bond donors (Lipinski definition) is 2. The van der Waals surface area contributed by atoms with Crippen molar-refractivity contribution in [1.82, 2.24) is 4.84 Å². The van der Waals surface area contributed by atoms with E-state index in [9.17, 15) is 5.11 Å². The van der Waals surface area contributed by atoms with E-state index in [4.69, 9.17) is 16.5 Å². The fourth-order valence-electron chi connectivity index (χ4n) is 0.811. The van der Waals surface area contributed by atoms with Gasteiger partial charge in [-0.1, -0.05) is 0 Å². The molecule has 0 bridgehead atoms. The highest BCUT2D eigenvalue weighted by Crippen LogP contribution is 2.11. The van der Waals surface area contributed by atoms with Crippen molar-refractivity contribution < 1.29 is 9.84 Å². The maximum absolute atomic E-state index is 9.32. The van der Waals surface area contributed by atoms with Crippen LogP contribution in [0.5, 0.6) is 0 Å². The van der Waals surface area contributed by atoms with E-state index < -0.39 is 6.29 Å². The van der Waals surface area contributed by atoms with Gasteiger partial charge in [0.05, 0.1) is 5.60 Å². The van der Waals surface area contributed by atoms with Gasteiger partial charge in [0, 0.05) is 6.54 Å². The van der Waals surface area contributed by atoms with Gasteiger partial charge in [-0.2, -0.15) is 0 Å². The second kappa shape index (κ2) is 5.75. The molecule has 0 heterocycles. The Hall–Kier alpha value is 0.170. The average molecular weight is 196 g/mol. The zero-order valence-corrected chi connectivity index (χ0v) is 8.69. The topological polar surface area (TPSA) is 41.5 Å². The van der Waals surface area contributed by atoms with Crippen LogP contribution in [0, 0.1) is 0 Å². The normalized spacial score (nSPS) is 14.8. The molecule has 0 aromatic rings. The Kier molecular flexibility index (Phi) is 5.84. The zero-order chi connectivity index (χ0) is 9.61. The largest absolute Gasteiger partial charge is 0.368 e. The average Bonchev–Trinajstić information content (AvgIpc) is 1.84. The van der Waals surface area contributed by atoms with Gasteiger partial charge in [-0.15, -0.1) is 0 Å². The van der Waals surface area contributed by atoms with E-state index in [0.29, 0.717) is 13.0 Å². The standard InChI is InChI=1S/C8H18ClNO2/c1-8(2,3)12-7(11)5-4-6-10-9/h7,10-11H,4-6H2,1-3H3. The van der Waals surface area contributed by atoms with Gasteiger partial charge in [-0.25, -0.2) is 4.84 Å². The molecule has 0 aliphatic heterocycles. The van der Waals surface area contributed by atoms with Crippen LogP contribution in [-0.2, 0) is 4.74 Å². The molecule has 12 heavy (non-hydrogen) atoms. The van der Waals surface area contributed by atoms with Gasteiger partial charge in [-0.05, 0) is 45.4 Å². The molecule has 2 N–H and O–H groups in total. The number of halogens is 1. The van der Waals surface area contributed by atoms with Crippen LogP contribution in [0.2, 0.25) is 0 Å². The Bertz CT molecular complexity index is 114. The Labute approximate surface area is 79.2 Å². The first-order chi connectivity index (χ1) is 5.45. The smallest absolute Gasteiger partial charge is 0.155 e. The second-order valence-corrected chi connectivity index (χ2v) is 3.98. The van der Waals surface area contributed by atoms with E-state index in [-0.39, 0.29) is 5.60 Å². The third-order valence-electron chi connectivity index (χ3n) is 1.21. The maximum atomic E-state index is 9.32. The molecular weight excluding hydrogens is 178 g/mol. The number of nitrogens with one attached hydrogen (secondary N) is 1. The van der Waals surface area contributed by atoms with E-state index in [1.165, 1.54) is 0 Å². The summed E-state index contributed by atoms with van der Waals surface area (Å²) in [5.41, 5.74) is -0.284. The summed E-state index contributed by atoms with van der Waals surface area (Å²) in [4.78, 5) is 2.49. The SMILES string of the molecule is CC(C)(C)OC(O)CCCNCl. The molecular formula is C8H18ClNO2. The van der Waals surface area contributed by atoms with Crippen molar-refractivity contribution in [2.24, 2.45) is 0 Å². The summed E-state index contributed by atoms with van der Waals surface area (Å²) in [6, 6.07) is 0. The van der Waals surface area contributed by atoms with Crippen LogP contribution in [0.4, 0.5) is 0 Å². The molecule has 3 nitrogen and oxygen atoms in total. The van der Waals surface area contributed by atoms with Gasteiger partial charge in [0.1, 0.15) is 0 Å². The highest BCUT2D eigenvalue weighted by Gasteiger charge is 2.15. The third-order valence-corrected chi connectivity index (χ3v) is 1.40. The number of aliphatic hydroxyl groups is 1. The molecule has 0 aliphatic rings. The quantitative estimate of drug-likeness (QED) is 0.398. The second-order valence-electron chi connectivity index (χ2n) is 3.71. The van der Waals surface area contributed by atoms with Gasteiger partial charge in [0.2, 0.25) is 0 Å². The summed E-state index contributed by atoms with van der Waals surface area (Å²) in [7, 11) is 0. The summed E-state index contributed by atoms with van der Waals surface area (Å²) in [5.74, 6) is 0. The van der Waals surface area contributed by atoms with E-state index >= 15 is 0 Å². The van der Waals surface area contributed by atoms with Crippen LogP contribution in [-0.4, -0.2) is 23.5 Å². The summed E-state index contributed by atoms with van der Waals surface area (Å²) >= 11 is 5.25. The molecule has 1 unspecified atom stereocenters. The molecule has 0 amide bonds. The van der Waals surface area contributed by atoms with Gasteiger partial charge in [-0.3, -0.25) is 0 Å². The predicted molar refractivity (Wildman–Crippen MR) is 49.9 cm³/mol. The van der Waals surface area contributed by atoms with E-state index in [0.717, 1.165) is 6.42 Å². The summed E-state index contributed by atoms with van der Waals surface area (Å²) in [6.45, 7) is 6.42. The van der Waals surface area contributed by atoms with Crippen molar-refractivity contribution in [3.8, 4) is 0 Å². The Balaban J connectivity index is 3.40. The zero-order valence-electron chi connectivity index (χ0n) is 7.93. The van der Waals surface area contributed by atoms with Crippen molar-refractivity contribution in [3.05, 3.63) is 0 Å². The van der Waals surface area contributed by atoms with E-state index in [1.807, 2.05) is 20.8 Å². The summed E-state index contributed by atoms with van der Waals surface area (Å²) in [6.07, 6.45) is 0.729. The maximum Gasteiger partial charge on any atom is 0.155 e. The van der Waals surface area contributed by atoms with Gasteiger partial charge in [0.15, 0.2) is 6.29 Å².